The summed E-state index contributed by atoms with van der Waals surface area (Å²) in [5.41, 5.74) is 2.66. The van der Waals surface area contributed by atoms with Gasteiger partial charge in [-0.1, -0.05) is 57.0 Å². The van der Waals surface area contributed by atoms with Crippen molar-refractivity contribution in [1.82, 2.24) is 9.97 Å². The van der Waals surface area contributed by atoms with E-state index >= 15 is 0 Å². The predicted octanol–water partition coefficient (Wildman–Crippen LogP) is 7.02. The Bertz CT molecular complexity index is 891. The molecule has 28 heavy (non-hydrogen) atoms. The van der Waals surface area contributed by atoms with Gasteiger partial charge >= 0.3 is 0 Å². The number of ether oxygens (including phenoxy) is 2. The largest absolute Gasteiger partial charge is 0.497 e. The smallest absolute Gasteiger partial charge is 0.140 e. The number of aromatic amines is 1. The molecular formula is C23H29ClN2O2. The van der Waals surface area contributed by atoms with Gasteiger partial charge in [0, 0.05) is 11.6 Å². The highest BCUT2D eigenvalue weighted by Crippen LogP contribution is 2.31. The summed E-state index contributed by atoms with van der Waals surface area (Å²) in [4.78, 5) is 7.94. The molecule has 3 rings (SSSR count). The third-order valence-corrected chi connectivity index (χ3v) is 5.21. The fourth-order valence-electron chi connectivity index (χ4n) is 3.27. The Morgan fingerprint density at radius 2 is 1.68 bits per heavy atom. The minimum Gasteiger partial charge on any atom is -0.497 e. The van der Waals surface area contributed by atoms with Crippen molar-refractivity contribution in [3.63, 3.8) is 0 Å². The lowest BCUT2D eigenvalue weighted by molar-refractivity contribution is 0.304. The van der Waals surface area contributed by atoms with Crippen molar-refractivity contribution in [2.24, 2.45) is 0 Å². The monoisotopic (exact) mass is 400 g/mol. The van der Waals surface area contributed by atoms with E-state index in [4.69, 9.17) is 21.1 Å². The number of nitrogens with one attached hydrogen (secondary N) is 1. The summed E-state index contributed by atoms with van der Waals surface area (Å²) >= 11 is 6.50. The Morgan fingerprint density at radius 1 is 0.929 bits per heavy atom. The van der Waals surface area contributed by atoms with Crippen molar-refractivity contribution < 1.29 is 9.47 Å². The summed E-state index contributed by atoms with van der Waals surface area (Å²) in [7, 11) is 1.65. The highest BCUT2D eigenvalue weighted by Gasteiger charge is 2.11. The summed E-state index contributed by atoms with van der Waals surface area (Å²) in [5.74, 6) is 2.34. The Kier molecular flexibility index (Phi) is 7.61. The average Bonchev–Trinajstić information content (AvgIpc) is 3.12. The number of H-pyrrole nitrogens is 1. The van der Waals surface area contributed by atoms with Crippen LogP contribution >= 0.6 is 11.6 Å². The van der Waals surface area contributed by atoms with E-state index in [1.165, 1.54) is 38.5 Å². The molecule has 0 aliphatic rings. The van der Waals surface area contributed by atoms with Gasteiger partial charge in [-0.2, -0.15) is 0 Å². The second kappa shape index (κ2) is 10.4. The van der Waals surface area contributed by atoms with Crippen LogP contribution in [-0.2, 0) is 0 Å². The summed E-state index contributed by atoms with van der Waals surface area (Å²) in [6.45, 7) is 2.98. The predicted molar refractivity (Wildman–Crippen MR) is 117 cm³/mol. The van der Waals surface area contributed by atoms with E-state index in [9.17, 15) is 0 Å². The number of methoxy groups -OCH3 is 1. The van der Waals surface area contributed by atoms with Crippen LogP contribution in [-0.4, -0.2) is 23.7 Å². The van der Waals surface area contributed by atoms with Crippen LogP contribution in [0.25, 0.3) is 22.4 Å². The lowest BCUT2D eigenvalue weighted by Crippen LogP contribution is -1.97. The first-order valence-electron chi connectivity index (χ1n) is 10.2. The number of hydrogen-bond donors (Lipinski definition) is 1. The Morgan fingerprint density at radius 3 is 2.43 bits per heavy atom. The molecule has 0 aliphatic heterocycles. The van der Waals surface area contributed by atoms with E-state index in [0.29, 0.717) is 5.02 Å². The van der Waals surface area contributed by atoms with Crippen LogP contribution in [0.5, 0.6) is 11.5 Å². The second-order valence-electron chi connectivity index (χ2n) is 7.08. The first kappa shape index (κ1) is 20.5. The quantitative estimate of drug-likeness (QED) is 0.351. The highest BCUT2D eigenvalue weighted by molar-refractivity contribution is 6.33. The number of unbranched alkanes of at least 4 members (excludes halogenated alkanes) is 6. The van der Waals surface area contributed by atoms with Crippen molar-refractivity contribution >= 4 is 22.6 Å². The summed E-state index contributed by atoms with van der Waals surface area (Å²) in [5, 5.41) is 0.628. The molecule has 0 amide bonds. The van der Waals surface area contributed by atoms with Crippen molar-refractivity contribution in [1.29, 1.82) is 0 Å². The topological polar surface area (TPSA) is 47.1 Å². The normalized spacial score (nSPS) is 11.1. The van der Waals surface area contributed by atoms with Crippen molar-refractivity contribution in [3.8, 4) is 22.9 Å². The van der Waals surface area contributed by atoms with Gasteiger partial charge in [-0.05, 0) is 36.8 Å². The Hall–Kier alpha value is -2.20. The standard InChI is InChI=1S/C23H29ClN2O2/c1-3-4-5-6-7-8-9-14-28-18-10-12-19(20(24)15-18)23-25-21-13-11-17(27-2)16-22(21)26-23/h10-13,15-16H,3-9,14H2,1-2H3,(H,25,26). The molecule has 150 valence electrons. The second-order valence-corrected chi connectivity index (χ2v) is 7.49. The van der Waals surface area contributed by atoms with Crippen LogP contribution in [0.2, 0.25) is 5.02 Å². The number of imidazole rings is 1. The molecule has 0 atom stereocenters. The molecule has 0 fully saturated rings. The van der Waals surface area contributed by atoms with Crippen LogP contribution in [0, 0.1) is 0 Å². The van der Waals surface area contributed by atoms with E-state index in [1.807, 2.05) is 36.4 Å². The first-order chi connectivity index (χ1) is 13.7. The minimum absolute atomic E-state index is 0.628. The van der Waals surface area contributed by atoms with Crippen molar-refractivity contribution in [2.45, 2.75) is 51.9 Å². The molecule has 0 spiro atoms. The van der Waals surface area contributed by atoms with Gasteiger partial charge in [0.15, 0.2) is 0 Å². The van der Waals surface area contributed by atoms with E-state index in [1.54, 1.807) is 7.11 Å². The number of hydrogen-bond acceptors (Lipinski definition) is 3. The Balaban J connectivity index is 1.55. The zero-order valence-electron chi connectivity index (χ0n) is 16.8. The molecule has 0 aliphatic carbocycles. The highest BCUT2D eigenvalue weighted by atomic mass is 35.5. The maximum absolute atomic E-state index is 6.50. The SMILES string of the molecule is CCCCCCCCCOc1ccc(-c2nc3ccc(OC)cc3[nH]2)c(Cl)c1. The molecule has 3 aromatic rings. The molecule has 1 aromatic heterocycles. The molecule has 0 saturated heterocycles. The van der Waals surface area contributed by atoms with E-state index < -0.39 is 0 Å². The number of fused-ring (bicyclic) bond motifs is 1. The molecule has 2 aromatic carbocycles. The van der Waals surface area contributed by atoms with Gasteiger partial charge in [0.1, 0.15) is 17.3 Å². The average molecular weight is 401 g/mol. The number of rotatable bonds is 11. The summed E-state index contributed by atoms with van der Waals surface area (Å²) < 4.78 is 11.1. The number of halogens is 1. The minimum atomic E-state index is 0.628. The number of nitrogens with zero attached hydrogens (tertiary/aromatic N) is 1. The lowest BCUT2D eigenvalue weighted by Gasteiger charge is -2.08. The zero-order valence-corrected chi connectivity index (χ0v) is 17.5. The van der Waals surface area contributed by atoms with Crippen molar-refractivity contribution in [2.75, 3.05) is 13.7 Å². The third-order valence-electron chi connectivity index (χ3n) is 4.90. The van der Waals surface area contributed by atoms with Gasteiger partial charge in [0.05, 0.1) is 29.8 Å². The molecule has 0 radical (unpaired) electrons. The molecule has 1 N–H and O–H groups in total. The Labute approximate surface area is 172 Å². The maximum Gasteiger partial charge on any atom is 0.140 e. The van der Waals surface area contributed by atoms with Gasteiger partial charge in [-0.15, -0.1) is 0 Å². The molecule has 5 heteroatoms. The summed E-state index contributed by atoms with van der Waals surface area (Å²) in [6.07, 6.45) is 8.91. The number of benzene rings is 2. The molecule has 1 heterocycles. The maximum atomic E-state index is 6.50. The van der Waals surface area contributed by atoms with Crippen LogP contribution in [0.1, 0.15) is 51.9 Å². The van der Waals surface area contributed by atoms with Gasteiger partial charge in [0.2, 0.25) is 0 Å². The van der Waals surface area contributed by atoms with Gasteiger partial charge in [-0.25, -0.2) is 4.98 Å². The molecule has 0 unspecified atom stereocenters. The fourth-order valence-corrected chi connectivity index (χ4v) is 3.53. The van der Waals surface area contributed by atoms with Crippen molar-refractivity contribution in [3.05, 3.63) is 41.4 Å². The number of aromatic nitrogens is 2. The van der Waals surface area contributed by atoms with Gasteiger partial charge in [-0.3, -0.25) is 0 Å². The van der Waals surface area contributed by atoms with Crippen LogP contribution < -0.4 is 9.47 Å². The molecule has 0 saturated carbocycles. The fraction of sp³-hybridized carbons (Fsp3) is 0.435. The molecule has 0 bridgehead atoms. The van der Waals surface area contributed by atoms with E-state index in [0.717, 1.165) is 46.9 Å². The van der Waals surface area contributed by atoms with Crippen LogP contribution in [0.15, 0.2) is 36.4 Å². The molecular weight excluding hydrogens is 372 g/mol. The van der Waals surface area contributed by atoms with E-state index in [2.05, 4.69) is 16.9 Å². The lowest BCUT2D eigenvalue weighted by atomic mass is 10.1. The van der Waals surface area contributed by atoms with Gasteiger partial charge < -0.3 is 14.5 Å². The molecule has 4 nitrogen and oxygen atoms in total. The zero-order chi connectivity index (χ0) is 19.8. The van der Waals surface area contributed by atoms with Gasteiger partial charge in [0.25, 0.3) is 0 Å². The van der Waals surface area contributed by atoms with Crippen LogP contribution in [0.3, 0.4) is 0 Å². The first-order valence-corrected chi connectivity index (χ1v) is 10.6. The third kappa shape index (κ3) is 5.41. The summed E-state index contributed by atoms with van der Waals surface area (Å²) in [6, 6.07) is 11.5. The van der Waals surface area contributed by atoms with E-state index in [-0.39, 0.29) is 0 Å². The van der Waals surface area contributed by atoms with Crippen LogP contribution in [0.4, 0.5) is 0 Å².